The van der Waals surface area contributed by atoms with Gasteiger partial charge in [-0.2, -0.15) is 0 Å². The summed E-state index contributed by atoms with van der Waals surface area (Å²) in [4.78, 5) is 29.9. The minimum absolute atomic E-state index is 0.0346. The number of halogens is 1. The van der Waals surface area contributed by atoms with Gasteiger partial charge in [-0.1, -0.05) is 83.0 Å². The number of amides is 2. The van der Waals surface area contributed by atoms with Crippen LogP contribution in [0.15, 0.2) is 88.2 Å². The van der Waals surface area contributed by atoms with Gasteiger partial charge in [-0.15, -0.1) is 11.8 Å². The summed E-state index contributed by atoms with van der Waals surface area (Å²) in [7, 11) is 0. The Morgan fingerprint density at radius 2 is 1.60 bits per heavy atom. The lowest BCUT2D eigenvalue weighted by atomic mass is 10.0. The van der Waals surface area contributed by atoms with Gasteiger partial charge >= 0.3 is 0 Å². The average Bonchev–Trinajstić information content (AvgIpc) is 2.87. The van der Waals surface area contributed by atoms with Crippen LogP contribution in [0, 0.1) is 6.92 Å². The molecule has 3 rings (SSSR count). The molecule has 184 valence electrons. The molecule has 1 N–H and O–H groups in total. The summed E-state index contributed by atoms with van der Waals surface area (Å²) in [6, 6.07) is 25.4. The molecule has 0 aliphatic heterocycles. The molecule has 3 aromatic carbocycles. The molecule has 6 heteroatoms. The van der Waals surface area contributed by atoms with E-state index < -0.39 is 6.04 Å². The van der Waals surface area contributed by atoms with Crippen molar-refractivity contribution in [1.82, 2.24) is 10.2 Å². The van der Waals surface area contributed by atoms with E-state index in [4.69, 9.17) is 0 Å². The maximum Gasteiger partial charge on any atom is 0.243 e. The number of nitrogens with one attached hydrogen (secondary N) is 1. The van der Waals surface area contributed by atoms with Crippen LogP contribution in [0.5, 0.6) is 0 Å². The summed E-state index contributed by atoms with van der Waals surface area (Å²) >= 11 is 4.98. The summed E-state index contributed by atoms with van der Waals surface area (Å²) in [6.45, 7) is 6.45. The van der Waals surface area contributed by atoms with Crippen molar-refractivity contribution in [3.63, 3.8) is 0 Å². The Hall–Kier alpha value is -2.57. The number of rotatable bonds is 11. The van der Waals surface area contributed by atoms with Gasteiger partial charge < -0.3 is 10.2 Å². The standard InChI is InChI=1S/C29H33BrN2O2S/c1-4-22(3)31-29(34)27(18-23-8-6-5-7-9-23)32(19-24-12-14-25(30)15-13-24)28(33)20-35-26-16-10-21(2)11-17-26/h5-17,22,27H,4,18-20H2,1-3H3,(H,31,34)/t22-,27+/m1/s1. The van der Waals surface area contributed by atoms with Gasteiger partial charge in [0, 0.05) is 28.4 Å². The first-order valence-electron chi connectivity index (χ1n) is 11.9. The van der Waals surface area contributed by atoms with Crippen molar-refractivity contribution < 1.29 is 9.59 Å². The number of hydrogen-bond donors (Lipinski definition) is 1. The van der Waals surface area contributed by atoms with Crippen molar-refractivity contribution in [1.29, 1.82) is 0 Å². The Kier molecular flexibility index (Phi) is 10.4. The van der Waals surface area contributed by atoms with Crippen LogP contribution in [0.2, 0.25) is 0 Å². The Bertz CT molecular complexity index is 1090. The lowest BCUT2D eigenvalue weighted by molar-refractivity contribution is -0.139. The van der Waals surface area contributed by atoms with Crippen molar-refractivity contribution in [2.75, 3.05) is 5.75 Å². The number of thioether (sulfide) groups is 1. The molecule has 35 heavy (non-hydrogen) atoms. The fourth-order valence-electron chi connectivity index (χ4n) is 3.64. The van der Waals surface area contributed by atoms with E-state index in [0.29, 0.717) is 13.0 Å². The molecule has 0 heterocycles. The van der Waals surface area contributed by atoms with E-state index in [1.165, 1.54) is 17.3 Å². The predicted molar refractivity (Wildman–Crippen MR) is 148 cm³/mol. The second kappa shape index (κ2) is 13.5. The molecule has 0 saturated carbocycles. The maximum absolute atomic E-state index is 13.7. The number of nitrogens with zero attached hydrogens (tertiary/aromatic N) is 1. The molecule has 0 bridgehead atoms. The van der Waals surface area contributed by atoms with Crippen LogP contribution in [0.4, 0.5) is 0 Å². The lowest BCUT2D eigenvalue weighted by Crippen LogP contribution is -2.52. The fourth-order valence-corrected chi connectivity index (χ4v) is 4.69. The lowest BCUT2D eigenvalue weighted by Gasteiger charge is -2.32. The number of carbonyl (C=O) groups is 2. The Balaban J connectivity index is 1.89. The van der Waals surface area contributed by atoms with Crippen LogP contribution in [0.1, 0.15) is 37.0 Å². The summed E-state index contributed by atoms with van der Waals surface area (Å²) < 4.78 is 0.976. The SMILES string of the molecule is CC[C@@H](C)NC(=O)[C@H](Cc1ccccc1)N(Cc1ccc(Br)cc1)C(=O)CSc1ccc(C)cc1. The van der Waals surface area contributed by atoms with Crippen LogP contribution in [0.25, 0.3) is 0 Å². The summed E-state index contributed by atoms with van der Waals surface area (Å²) in [5, 5.41) is 3.11. The smallest absolute Gasteiger partial charge is 0.243 e. The highest BCUT2D eigenvalue weighted by Crippen LogP contribution is 2.22. The summed E-state index contributed by atoms with van der Waals surface area (Å²) in [5.41, 5.74) is 3.19. The molecule has 0 spiro atoms. The van der Waals surface area contributed by atoms with Crippen molar-refractivity contribution >= 4 is 39.5 Å². The number of hydrogen-bond acceptors (Lipinski definition) is 3. The van der Waals surface area contributed by atoms with E-state index in [0.717, 1.165) is 26.9 Å². The molecule has 0 fully saturated rings. The topological polar surface area (TPSA) is 49.4 Å². The molecule has 0 radical (unpaired) electrons. The van der Waals surface area contributed by atoms with Crippen molar-refractivity contribution in [3.8, 4) is 0 Å². The first-order valence-corrected chi connectivity index (χ1v) is 13.7. The quantitative estimate of drug-likeness (QED) is 0.280. The van der Waals surface area contributed by atoms with Gasteiger partial charge in [0.15, 0.2) is 0 Å². The average molecular weight is 554 g/mol. The highest BCUT2D eigenvalue weighted by Gasteiger charge is 2.31. The molecule has 2 atom stereocenters. The monoisotopic (exact) mass is 552 g/mol. The van der Waals surface area contributed by atoms with E-state index >= 15 is 0 Å². The second-order valence-electron chi connectivity index (χ2n) is 8.77. The van der Waals surface area contributed by atoms with Gasteiger partial charge in [-0.3, -0.25) is 9.59 Å². The number of aryl methyl sites for hydroxylation is 1. The molecule has 4 nitrogen and oxygen atoms in total. The van der Waals surface area contributed by atoms with Gasteiger partial charge in [0.2, 0.25) is 11.8 Å². The Labute approximate surface area is 221 Å². The van der Waals surface area contributed by atoms with E-state index in [-0.39, 0.29) is 23.6 Å². The van der Waals surface area contributed by atoms with E-state index in [2.05, 4.69) is 21.2 Å². The van der Waals surface area contributed by atoms with Gasteiger partial charge in [0.05, 0.1) is 5.75 Å². The molecule has 2 amide bonds. The minimum atomic E-state index is -0.610. The molecule has 0 aromatic heterocycles. The van der Waals surface area contributed by atoms with Crippen LogP contribution >= 0.6 is 27.7 Å². The Morgan fingerprint density at radius 3 is 2.23 bits per heavy atom. The van der Waals surface area contributed by atoms with Crippen LogP contribution < -0.4 is 5.32 Å². The van der Waals surface area contributed by atoms with Crippen molar-refractivity contribution in [3.05, 3.63) is 100 Å². The maximum atomic E-state index is 13.7. The third-order valence-electron chi connectivity index (χ3n) is 5.92. The Morgan fingerprint density at radius 1 is 0.943 bits per heavy atom. The fraction of sp³-hybridized carbons (Fsp3) is 0.310. The third-order valence-corrected chi connectivity index (χ3v) is 7.45. The zero-order chi connectivity index (χ0) is 25.2. The first kappa shape index (κ1) is 27.0. The van der Waals surface area contributed by atoms with Crippen LogP contribution in [0.3, 0.4) is 0 Å². The highest BCUT2D eigenvalue weighted by atomic mass is 79.9. The van der Waals surface area contributed by atoms with Gasteiger partial charge in [0.1, 0.15) is 6.04 Å². The number of carbonyl (C=O) groups excluding carboxylic acids is 2. The minimum Gasteiger partial charge on any atom is -0.352 e. The van der Waals surface area contributed by atoms with Gasteiger partial charge in [-0.25, -0.2) is 0 Å². The van der Waals surface area contributed by atoms with Crippen molar-refractivity contribution in [2.24, 2.45) is 0 Å². The summed E-state index contributed by atoms with van der Waals surface area (Å²) in [6.07, 6.45) is 1.29. The first-order chi connectivity index (χ1) is 16.9. The van der Waals surface area contributed by atoms with Crippen LogP contribution in [-0.2, 0) is 22.6 Å². The largest absolute Gasteiger partial charge is 0.352 e. The van der Waals surface area contributed by atoms with E-state index in [1.807, 2.05) is 99.6 Å². The molecular formula is C29H33BrN2O2S. The number of benzene rings is 3. The van der Waals surface area contributed by atoms with E-state index in [9.17, 15) is 9.59 Å². The molecule has 0 aliphatic carbocycles. The highest BCUT2D eigenvalue weighted by molar-refractivity contribution is 9.10. The normalized spacial score (nSPS) is 12.6. The second-order valence-corrected chi connectivity index (χ2v) is 10.7. The zero-order valence-electron chi connectivity index (χ0n) is 20.5. The predicted octanol–water partition coefficient (Wildman–Crippen LogP) is 6.40. The van der Waals surface area contributed by atoms with Gasteiger partial charge in [0.25, 0.3) is 0 Å². The van der Waals surface area contributed by atoms with Crippen LogP contribution in [-0.4, -0.2) is 34.6 Å². The molecule has 0 aliphatic rings. The van der Waals surface area contributed by atoms with E-state index in [1.54, 1.807) is 4.90 Å². The summed E-state index contributed by atoms with van der Waals surface area (Å²) in [5.74, 6) is 0.0920. The van der Waals surface area contributed by atoms with Crippen molar-refractivity contribution in [2.45, 2.75) is 57.1 Å². The molecular weight excluding hydrogens is 520 g/mol. The molecule has 0 unspecified atom stereocenters. The molecule has 3 aromatic rings. The van der Waals surface area contributed by atoms with Gasteiger partial charge in [-0.05, 0) is 55.7 Å². The zero-order valence-corrected chi connectivity index (χ0v) is 22.9. The molecule has 0 saturated heterocycles. The third kappa shape index (κ3) is 8.55.